The Morgan fingerprint density at radius 2 is 1.85 bits per heavy atom. The molecule has 0 saturated carbocycles. The van der Waals surface area contributed by atoms with E-state index < -0.39 is 0 Å². The molecule has 2 aromatic carbocycles. The second kappa shape index (κ2) is 6.44. The molecule has 0 unspecified atom stereocenters. The van der Waals surface area contributed by atoms with Gasteiger partial charge in [-0.3, -0.25) is 14.4 Å². The van der Waals surface area contributed by atoms with E-state index in [2.05, 4.69) is 15.3 Å². The number of hydrogen-bond donors (Lipinski definition) is 2. The summed E-state index contributed by atoms with van der Waals surface area (Å²) >= 11 is 0. The van der Waals surface area contributed by atoms with E-state index >= 15 is 0 Å². The highest BCUT2D eigenvalue weighted by molar-refractivity contribution is 6.09. The molecule has 0 atom stereocenters. The molecular formula is C19H16N4O3. The van der Waals surface area contributed by atoms with Gasteiger partial charge in [0, 0.05) is 12.8 Å². The zero-order valence-electron chi connectivity index (χ0n) is 13.9. The first-order valence-electron chi connectivity index (χ1n) is 8.29. The van der Waals surface area contributed by atoms with Gasteiger partial charge in [-0.15, -0.1) is 0 Å². The summed E-state index contributed by atoms with van der Waals surface area (Å²) < 4.78 is 0. The molecule has 1 aliphatic rings. The molecule has 0 saturated heterocycles. The molecule has 7 nitrogen and oxygen atoms in total. The van der Waals surface area contributed by atoms with E-state index in [1.165, 1.54) is 4.90 Å². The quantitative estimate of drug-likeness (QED) is 0.755. The van der Waals surface area contributed by atoms with E-state index in [4.69, 9.17) is 0 Å². The third kappa shape index (κ3) is 2.95. The van der Waals surface area contributed by atoms with Crippen LogP contribution in [-0.4, -0.2) is 28.3 Å². The first-order chi connectivity index (χ1) is 12.6. The van der Waals surface area contributed by atoms with E-state index in [1.807, 2.05) is 24.3 Å². The molecule has 26 heavy (non-hydrogen) atoms. The van der Waals surface area contributed by atoms with E-state index in [9.17, 15) is 14.4 Å². The largest absolute Gasteiger partial charge is 0.323 e. The lowest BCUT2D eigenvalue weighted by Crippen LogP contribution is -2.42. The first-order valence-corrected chi connectivity index (χ1v) is 8.29. The van der Waals surface area contributed by atoms with E-state index in [1.54, 1.807) is 24.3 Å². The molecule has 2 N–H and O–H groups in total. The predicted molar refractivity (Wildman–Crippen MR) is 98.1 cm³/mol. The van der Waals surface area contributed by atoms with Gasteiger partial charge in [0.25, 0.3) is 5.56 Å². The van der Waals surface area contributed by atoms with Gasteiger partial charge in [0.1, 0.15) is 12.2 Å². The molecule has 7 heteroatoms. The molecule has 130 valence electrons. The summed E-state index contributed by atoms with van der Waals surface area (Å²) in [7, 11) is 0. The Kier molecular flexibility index (Phi) is 3.96. The van der Waals surface area contributed by atoms with Crippen LogP contribution < -0.4 is 15.8 Å². The van der Waals surface area contributed by atoms with E-state index in [0.29, 0.717) is 28.1 Å². The molecular weight excluding hydrogens is 332 g/mol. The van der Waals surface area contributed by atoms with Gasteiger partial charge >= 0.3 is 0 Å². The van der Waals surface area contributed by atoms with Crippen LogP contribution in [0.15, 0.2) is 53.3 Å². The third-order valence-electron chi connectivity index (χ3n) is 4.32. The number of nitrogens with one attached hydrogen (secondary N) is 2. The zero-order chi connectivity index (χ0) is 18.1. The topological polar surface area (TPSA) is 95.2 Å². The summed E-state index contributed by atoms with van der Waals surface area (Å²) in [6, 6.07) is 14.4. The third-order valence-corrected chi connectivity index (χ3v) is 4.32. The van der Waals surface area contributed by atoms with Crippen molar-refractivity contribution in [1.82, 2.24) is 9.97 Å². The van der Waals surface area contributed by atoms with Crippen LogP contribution in [0.3, 0.4) is 0 Å². The van der Waals surface area contributed by atoms with Crippen molar-refractivity contribution in [3.05, 3.63) is 64.6 Å². The molecule has 2 heterocycles. The Hall–Kier alpha value is -3.48. The highest BCUT2D eigenvalue weighted by Crippen LogP contribution is 2.29. The molecule has 3 aromatic rings. The Morgan fingerprint density at radius 1 is 1.08 bits per heavy atom. The molecule has 0 spiro atoms. The number of hydrogen-bond acceptors (Lipinski definition) is 4. The van der Waals surface area contributed by atoms with E-state index in [0.717, 1.165) is 0 Å². The fourth-order valence-corrected chi connectivity index (χ4v) is 3.05. The van der Waals surface area contributed by atoms with Gasteiger partial charge in [-0.1, -0.05) is 24.3 Å². The van der Waals surface area contributed by atoms with Crippen molar-refractivity contribution in [2.24, 2.45) is 0 Å². The summed E-state index contributed by atoms with van der Waals surface area (Å²) in [6.07, 6.45) is 0.301. The smallest absolute Gasteiger partial charge is 0.270 e. The molecule has 0 bridgehead atoms. The lowest BCUT2D eigenvalue weighted by Gasteiger charge is -2.29. The predicted octanol–water partition coefficient (Wildman–Crippen LogP) is 1.84. The maximum absolute atomic E-state index is 12.7. The molecule has 0 aliphatic carbocycles. The zero-order valence-corrected chi connectivity index (χ0v) is 13.9. The Bertz CT molecular complexity index is 1070. The van der Waals surface area contributed by atoms with Crippen molar-refractivity contribution < 1.29 is 9.59 Å². The summed E-state index contributed by atoms with van der Waals surface area (Å²) in [5.74, 6) is -0.458. The van der Waals surface area contributed by atoms with Gasteiger partial charge in [0.15, 0.2) is 0 Å². The molecule has 0 radical (unpaired) electrons. The van der Waals surface area contributed by atoms with Crippen molar-refractivity contribution in [3.8, 4) is 0 Å². The SMILES string of the molecule is O=C1CN(C(=O)CCc2nc3ccccc3[nH]c2=O)c2ccccc2N1. The fourth-order valence-electron chi connectivity index (χ4n) is 3.05. The second-order valence-corrected chi connectivity index (χ2v) is 6.07. The van der Waals surface area contributed by atoms with Gasteiger partial charge in [-0.25, -0.2) is 4.98 Å². The number of H-pyrrole nitrogens is 1. The Morgan fingerprint density at radius 3 is 2.73 bits per heavy atom. The van der Waals surface area contributed by atoms with E-state index in [-0.39, 0.29) is 36.8 Å². The number of para-hydroxylation sites is 4. The minimum Gasteiger partial charge on any atom is -0.323 e. The minimum atomic E-state index is -0.298. The highest BCUT2D eigenvalue weighted by atomic mass is 16.2. The number of rotatable bonds is 3. The lowest BCUT2D eigenvalue weighted by atomic mass is 10.1. The normalized spacial score (nSPS) is 13.4. The number of anilines is 2. The number of aromatic nitrogens is 2. The number of amides is 2. The Labute approximate surface area is 148 Å². The van der Waals surface area contributed by atoms with Gasteiger partial charge in [-0.05, 0) is 24.3 Å². The Balaban J connectivity index is 1.55. The second-order valence-electron chi connectivity index (χ2n) is 6.07. The van der Waals surface area contributed by atoms with Crippen molar-refractivity contribution in [3.63, 3.8) is 0 Å². The maximum atomic E-state index is 12.7. The minimum absolute atomic E-state index is 0.0304. The molecule has 0 fully saturated rings. The van der Waals surface area contributed by atoms with Crippen LogP contribution in [-0.2, 0) is 16.0 Å². The van der Waals surface area contributed by atoms with Gasteiger partial charge in [0.2, 0.25) is 11.8 Å². The first kappa shape index (κ1) is 16.0. The fraction of sp³-hybridized carbons (Fsp3) is 0.158. The number of aryl methyl sites for hydroxylation is 1. The molecule has 1 aliphatic heterocycles. The van der Waals surface area contributed by atoms with Crippen LogP contribution in [0.2, 0.25) is 0 Å². The molecule has 2 amide bonds. The number of nitrogens with zero attached hydrogens (tertiary/aromatic N) is 2. The van der Waals surface area contributed by atoms with Crippen LogP contribution in [0.4, 0.5) is 11.4 Å². The van der Waals surface area contributed by atoms with Crippen molar-refractivity contribution in [2.45, 2.75) is 12.8 Å². The van der Waals surface area contributed by atoms with Crippen LogP contribution in [0.1, 0.15) is 12.1 Å². The summed E-state index contributed by atoms with van der Waals surface area (Å²) in [5, 5.41) is 2.75. The number of carbonyl (C=O) groups excluding carboxylic acids is 2. The number of benzene rings is 2. The van der Waals surface area contributed by atoms with Gasteiger partial charge < -0.3 is 15.2 Å². The lowest BCUT2D eigenvalue weighted by molar-refractivity contribution is -0.121. The van der Waals surface area contributed by atoms with Gasteiger partial charge in [0.05, 0.1) is 22.4 Å². The summed E-state index contributed by atoms with van der Waals surface area (Å²) in [5.41, 5.74) is 2.63. The van der Waals surface area contributed by atoms with Crippen LogP contribution in [0.25, 0.3) is 11.0 Å². The summed E-state index contributed by atoms with van der Waals surface area (Å²) in [6.45, 7) is -0.0304. The maximum Gasteiger partial charge on any atom is 0.270 e. The van der Waals surface area contributed by atoms with Crippen LogP contribution in [0, 0.1) is 0 Å². The number of fused-ring (bicyclic) bond motifs is 2. The van der Waals surface area contributed by atoms with Crippen molar-refractivity contribution >= 4 is 34.2 Å². The average molecular weight is 348 g/mol. The monoisotopic (exact) mass is 348 g/mol. The number of aromatic amines is 1. The molecule has 1 aromatic heterocycles. The van der Waals surface area contributed by atoms with Crippen LogP contribution in [0.5, 0.6) is 0 Å². The standard InChI is InChI=1S/C19H16N4O3/c24-17-11-23(16-8-4-3-7-14(16)21-17)18(25)10-9-15-19(26)22-13-6-2-1-5-12(13)20-15/h1-8H,9-11H2,(H,21,24)(H,22,26). The molecule has 4 rings (SSSR count). The highest BCUT2D eigenvalue weighted by Gasteiger charge is 2.26. The van der Waals surface area contributed by atoms with Crippen molar-refractivity contribution in [2.75, 3.05) is 16.8 Å². The summed E-state index contributed by atoms with van der Waals surface area (Å²) in [4.78, 5) is 45.3. The van der Waals surface area contributed by atoms with Crippen molar-refractivity contribution in [1.29, 1.82) is 0 Å². The van der Waals surface area contributed by atoms with Crippen LogP contribution >= 0.6 is 0 Å². The number of carbonyl (C=O) groups is 2. The van der Waals surface area contributed by atoms with Gasteiger partial charge in [-0.2, -0.15) is 0 Å². The average Bonchev–Trinajstić information content (AvgIpc) is 2.65.